The highest BCUT2D eigenvalue weighted by Gasteiger charge is 2.28. The first-order valence-electron chi connectivity index (χ1n) is 21.2. The van der Waals surface area contributed by atoms with Gasteiger partial charge >= 0.3 is 6.09 Å². The largest absolute Gasteiger partial charge is 0.444 e. The molecule has 0 saturated carbocycles. The van der Waals surface area contributed by atoms with Gasteiger partial charge in [0.1, 0.15) is 11.4 Å². The summed E-state index contributed by atoms with van der Waals surface area (Å²) in [6.45, 7) is 12.6. The van der Waals surface area contributed by atoms with E-state index in [2.05, 4.69) is 43.3 Å². The number of hydrogen-bond acceptors (Lipinski definition) is 12. The second-order valence-electron chi connectivity index (χ2n) is 16.2. The SMILES string of the molecule is CCN1CCCC(c2cnc(C(=O)NCCOCCNCC(=O)N3CCN(C(=O)c4cc(C/C(=N/NC)c5ccccc5C=O)ccc4F)CC3)c(NC(=O)OC(C)(C)C)c2)C1. The summed E-state index contributed by atoms with van der Waals surface area (Å²) in [5.74, 6) is -1.47. The topological polar surface area (TPSA) is 187 Å². The average Bonchev–Trinajstić information content (AvgIpc) is 3.26. The highest BCUT2D eigenvalue weighted by atomic mass is 19.1. The number of likely N-dealkylation sites (tertiary alicyclic amines) is 1. The molecule has 5 rings (SSSR count). The Morgan fingerprint density at radius 2 is 1.71 bits per heavy atom. The molecule has 16 nitrogen and oxygen atoms in total. The average molecular weight is 858 g/mol. The van der Waals surface area contributed by atoms with E-state index in [-0.39, 0.29) is 74.6 Å². The summed E-state index contributed by atoms with van der Waals surface area (Å²) in [6.07, 6.45) is 4.10. The number of hydrogen-bond donors (Lipinski definition) is 4. The van der Waals surface area contributed by atoms with Gasteiger partial charge in [0.15, 0.2) is 12.0 Å². The van der Waals surface area contributed by atoms with Crippen molar-refractivity contribution >= 4 is 41.5 Å². The zero-order valence-corrected chi connectivity index (χ0v) is 36.4. The number of piperazine rings is 1. The third kappa shape index (κ3) is 13.6. The molecule has 2 aliphatic rings. The number of rotatable bonds is 18. The van der Waals surface area contributed by atoms with Crippen LogP contribution in [0.1, 0.15) is 94.3 Å². The lowest BCUT2D eigenvalue weighted by Crippen LogP contribution is -2.52. The highest BCUT2D eigenvalue weighted by Crippen LogP contribution is 2.29. The molecule has 62 heavy (non-hydrogen) atoms. The minimum Gasteiger partial charge on any atom is -0.444 e. The summed E-state index contributed by atoms with van der Waals surface area (Å²) in [6, 6.07) is 13.2. The molecule has 2 aromatic carbocycles. The zero-order chi connectivity index (χ0) is 44.6. The second-order valence-corrected chi connectivity index (χ2v) is 16.2. The fraction of sp³-hybridized carbons (Fsp3) is 0.489. The molecule has 1 unspecified atom stereocenters. The van der Waals surface area contributed by atoms with Crippen LogP contribution in [-0.2, 0) is 20.7 Å². The van der Waals surface area contributed by atoms with Crippen LogP contribution < -0.4 is 21.4 Å². The number of carbonyl (C=O) groups excluding carboxylic acids is 5. The first-order chi connectivity index (χ1) is 29.8. The molecule has 0 bridgehead atoms. The van der Waals surface area contributed by atoms with Crippen LogP contribution in [0.3, 0.4) is 0 Å². The van der Waals surface area contributed by atoms with Crippen LogP contribution in [-0.4, -0.2) is 147 Å². The minimum absolute atomic E-state index is 0.0696. The summed E-state index contributed by atoms with van der Waals surface area (Å²) < 4.78 is 26.1. The van der Waals surface area contributed by atoms with Crippen molar-refractivity contribution in [2.24, 2.45) is 5.10 Å². The van der Waals surface area contributed by atoms with Crippen LogP contribution in [0.4, 0.5) is 14.9 Å². The summed E-state index contributed by atoms with van der Waals surface area (Å²) in [5, 5.41) is 12.9. The normalized spacial score (nSPS) is 16.1. The van der Waals surface area contributed by atoms with Gasteiger partial charge in [0.25, 0.3) is 11.8 Å². The number of benzene rings is 2. The Labute approximate surface area is 363 Å². The van der Waals surface area contributed by atoms with E-state index >= 15 is 4.39 Å². The van der Waals surface area contributed by atoms with E-state index in [1.165, 1.54) is 17.0 Å². The van der Waals surface area contributed by atoms with Gasteiger partial charge < -0.3 is 40.2 Å². The quantitative estimate of drug-likeness (QED) is 0.0626. The molecule has 4 amide bonds. The molecular formula is C45H60FN9O7. The number of nitrogens with one attached hydrogen (secondary N) is 4. The number of amides is 4. The van der Waals surface area contributed by atoms with Crippen molar-refractivity contribution in [3.8, 4) is 0 Å². The number of aromatic nitrogens is 1. The van der Waals surface area contributed by atoms with E-state index in [4.69, 9.17) is 9.47 Å². The lowest BCUT2D eigenvalue weighted by Gasteiger charge is -2.35. The Balaban J connectivity index is 1.02. The van der Waals surface area contributed by atoms with Crippen molar-refractivity contribution < 1.29 is 37.8 Å². The fourth-order valence-corrected chi connectivity index (χ4v) is 7.44. The van der Waals surface area contributed by atoms with Crippen LogP contribution in [0.25, 0.3) is 0 Å². The summed E-state index contributed by atoms with van der Waals surface area (Å²) >= 11 is 0. The Morgan fingerprint density at radius 1 is 0.968 bits per heavy atom. The van der Waals surface area contributed by atoms with E-state index in [1.807, 2.05) is 6.07 Å². The van der Waals surface area contributed by atoms with Gasteiger partial charge in [-0.15, -0.1) is 0 Å². The van der Waals surface area contributed by atoms with Gasteiger partial charge in [-0.05, 0) is 81.9 Å². The first-order valence-corrected chi connectivity index (χ1v) is 21.2. The smallest absolute Gasteiger partial charge is 0.412 e. The van der Waals surface area contributed by atoms with Gasteiger partial charge in [-0.3, -0.25) is 24.5 Å². The van der Waals surface area contributed by atoms with Gasteiger partial charge in [0.2, 0.25) is 5.91 Å². The number of pyridine rings is 1. The maximum atomic E-state index is 15.0. The molecule has 0 spiro atoms. The number of anilines is 1. The van der Waals surface area contributed by atoms with E-state index in [1.54, 1.807) is 69.2 Å². The first kappa shape index (κ1) is 47.3. The van der Waals surface area contributed by atoms with E-state index in [0.29, 0.717) is 42.0 Å². The van der Waals surface area contributed by atoms with Gasteiger partial charge in [-0.25, -0.2) is 14.2 Å². The van der Waals surface area contributed by atoms with Crippen molar-refractivity contribution in [3.63, 3.8) is 0 Å². The standard InChI is InChI=1S/C45H60FN9O7/c1-6-53-17-9-11-32(29-53)34-26-39(51-44(60)62-45(2,3)4)41(50-27-34)42(58)49-16-23-61-22-15-48-28-40(57)54-18-20-55(21-19-54)43(59)36-24-31(13-14-37(36)46)25-38(52-47-5)35-12-8-7-10-33(35)30-56/h7-8,10,12-14,24,26-27,30,32,47-48H,6,9,11,15-23,25,28-29H2,1-5H3,(H,49,58)(H,51,60)/b52-38-. The lowest BCUT2D eigenvalue weighted by molar-refractivity contribution is -0.131. The fourth-order valence-electron chi connectivity index (χ4n) is 7.44. The second kappa shape index (κ2) is 22.9. The number of piperidine rings is 1. The maximum Gasteiger partial charge on any atom is 0.412 e. The predicted octanol–water partition coefficient (Wildman–Crippen LogP) is 4.07. The van der Waals surface area contributed by atoms with Crippen molar-refractivity contribution in [1.82, 2.24) is 35.7 Å². The number of likely N-dealkylation sites (N-methyl/N-ethyl adjacent to an activating group) is 1. The van der Waals surface area contributed by atoms with Gasteiger partial charge in [0, 0.05) is 76.6 Å². The van der Waals surface area contributed by atoms with Crippen LogP contribution in [0.15, 0.2) is 59.8 Å². The summed E-state index contributed by atoms with van der Waals surface area (Å²) in [5.41, 5.74) is 5.60. The molecule has 3 aromatic rings. The molecule has 0 aliphatic carbocycles. The molecule has 334 valence electrons. The number of nitrogens with zero attached hydrogens (tertiary/aromatic N) is 5. The monoisotopic (exact) mass is 857 g/mol. The van der Waals surface area contributed by atoms with Gasteiger partial charge in [-0.1, -0.05) is 37.3 Å². The third-order valence-electron chi connectivity index (χ3n) is 10.6. The molecule has 17 heteroatoms. The number of ether oxygens (including phenoxy) is 2. The molecule has 2 aliphatic heterocycles. The summed E-state index contributed by atoms with van der Waals surface area (Å²) in [7, 11) is 1.65. The molecule has 1 aromatic heterocycles. The van der Waals surface area contributed by atoms with E-state index in [9.17, 15) is 24.0 Å². The van der Waals surface area contributed by atoms with Crippen molar-refractivity contribution in [3.05, 3.63) is 94.1 Å². The van der Waals surface area contributed by atoms with Crippen molar-refractivity contribution in [2.75, 3.05) is 91.0 Å². The van der Waals surface area contributed by atoms with Gasteiger partial charge in [-0.2, -0.15) is 5.10 Å². The number of carbonyl (C=O) groups is 5. The van der Waals surface area contributed by atoms with E-state index in [0.717, 1.165) is 44.3 Å². The molecule has 4 N–H and O–H groups in total. The molecule has 1 atom stereocenters. The Hall–Kier alpha value is -5.78. The highest BCUT2D eigenvalue weighted by molar-refractivity contribution is 6.07. The number of halogens is 1. The minimum atomic E-state index is -0.721. The predicted molar refractivity (Wildman–Crippen MR) is 234 cm³/mol. The zero-order valence-electron chi connectivity index (χ0n) is 36.4. The lowest BCUT2D eigenvalue weighted by atomic mass is 9.91. The van der Waals surface area contributed by atoms with Crippen molar-refractivity contribution in [2.45, 2.75) is 58.5 Å². The van der Waals surface area contributed by atoms with Crippen LogP contribution in [0, 0.1) is 5.82 Å². The number of aldehydes is 1. The Kier molecular flexibility index (Phi) is 17.4. The third-order valence-corrected chi connectivity index (χ3v) is 10.6. The molecule has 2 saturated heterocycles. The van der Waals surface area contributed by atoms with E-state index < -0.39 is 29.3 Å². The van der Waals surface area contributed by atoms with Gasteiger partial charge in [0.05, 0.1) is 36.7 Å². The Bertz CT molecular complexity index is 2070. The van der Waals surface area contributed by atoms with Crippen molar-refractivity contribution in [1.29, 1.82) is 0 Å². The summed E-state index contributed by atoms with van der Waals surface area (Å²) in [4.78, 5) is 74.0. The Morgan fingerprint density at radius 3 is 2.44 bits per heavy atom. The number of hydrazone groups is 1. The maximum absolute atomic E-state index is 15.0. The van der Waals surface area contributed by atoms with Crippen LogP contribution in [0.2, 0.25) is 0 Å². The molecular weight excluding hydrogens is 798 g/mol. The van der Waals surface area contributed by atoms with Crippen LogP contribution >= 0.6 is 0 Å². The molecule has 2 fully saturated rings. The molecule has 0 radical (unpaired) electrons. The van der Waals surface area contributed by atoms with Crippen LogP contribution in [0.5, 0.6) is 0 Å². The molecule has 3 heterocycles.